The van der Waals surface area contributed by atoms with E-state index in [0.717, 1.165) is 6.42 Å². The van der Waals surface area contributed by atoms with Crippen LogP contribution in [0.25, 0.3) is 0 Å². The van der Waals surface area contributed by atoms with Crippen LogP contribution in [0.3, 0.4) is 0 Å². The molecule has 0 aromatic carbocycles. The topological polar surface area (TPSA) is 42.2 Å². The Morgan fingerprint density at radius 2 is 2.50 bits per heavy atom. The lowest BCUT2D eigenvalue weighted by molar-refractivity contribution is 0.0922. The molecule has 0 bridgehead atoms. The summed E-state index contributed by atoms with van der Waals surface area (Å²) in [6, 6.07) is 3.16. The van der Waals surface area contributed by atoms with E-state index in [9.17, 15) is 4.79 Å². The number of carbonyl (C=O) groups is 1. The van der Waals surface area contributed by atoms with Crippen LogP contribution in [0.2, 0.25) is 5.22 Å². The van der Waals surface area contributed by atoms with Crippen LogP contribution < -0.4 is 5.32 Å². The molecule has 1 aliphatic rings. The standard InChI is InChI=1S/C11H14ClNO2S/c1-11(5-2-6-16-11)7-13-10(14)8-3-4-9(12)15-8/h3-4H,2,5-7H2,1H3,(H,13,14). The van der Waals surface area contributed by atoms with Crippen LogP contribution in [0.5, 0.6) is 0 Å². The summed E-state index contributed by atoms with van der Waals surface area (Å²) in [5.74, 6) is 1.26. The Balaban J connectivity index is 1.88. The average molecular weight is 260 g/mol. The minimum absolute atomic E-state index is 0.173. The number of carbonyl (C=O) groups excluding carboxylic acids is 1. The van der Waals surface area contributed by atoms with Gasteiger partial charge in [-0.1, -0.05) is 0 Å². The van der Waals surface area contributed by atoms with E-state index in [-0.39, 0.29) is 21.6 Å². The molecule has 1 saturated heterocycles. The molecule has 1 amide bonds. The highest BCUT2D eigenvalue weighted by atomic mass is 35.5. The maximum Gasteiger partial charge on any atom is 0.287 e. The zero-order valence-corrected chi connectivity index (χ0v) is 10.7. The Kier molecular flexibility index (Phi) is 3.50. The summed E-state index contributed by atoms with van der Waals surface area (Å²) in [5, 5.41) is 3.12. The van der Waals surface area contributed by atoms with Gasteiger partial charge in [0.2, 0.25) is 0 Å². The molecule has 0 spiro atoms. The molecule has 0 radical (unpaired) electrons. The van der Waals surface area contributed by atoms with Crippen LogP contribution in [0.1, 0.15) is 30.3 Å². The zero-order chi connectivity index (χ0) is 11.6. The number of hydrogen-bond acceptors (Lipinski definition) is 3. The van der Waals surface area contributed by atoms with Gasteiger partial charge in [0, 0.05) is 11.3 Å². The molecule has 1 aromatic heterocycles. The molecule has 3 nitrogen and oxygen atoms in total. The van der Waals surface area contributed by atoms with E-state index < -0.39 is 0 Å². The molecule has 1 unspecified atom stereocenters. The highest BCUT2D eigenvalue weighted by Gasteiger charge is 2.30. The number of halogens is 1. The molecule has 1 N–H and O–H groups in total. The number of thioether (sulfide) groups is 1. The summed E-state index contributed by atoms with van der Waals surface area (Å²) in [6.07, 6.45) is 2.38. The first-order chi connectivity index (χ1) is 7.59. The Morgan fingerprint density at radius 3 is 3.06 bits per heavy atom. The van der Waals surface area contributed by atoms with E-state index in [1.165, 1.54) is 12.2 Å². The van der Waals surface area contributed by atoms with Gasteiger partial charge in [0.25, 0.3) is 5.91 Å². The van der Waals surface area contributed by atoms with Crippen molar-refractivity contribution in [3.63, 3.8) is 0 Å². The van der Waals surface area contributed by atoms with E-state index >= 15 is 0 Å². The van der Waals surface area contributed by atoms with Crippen LogP contribution in [0, 0.1) is 0 Å². The van der Waals surface area contributed by atoms with Crippen molar-refractivity contribution in [1.29, 1.82) is 0 Å². The van der Waals surface area contributed by atoms with Crippen LogP contribution in [0.15, 0.2) is 16.5 Å². The first-order valence-electron chi connectivity index (χ1n) is 5.27. The van der Waals surface area contributed by atoms with Gasteiger partial charge < -0.3 is 9.73 Å². The molecule has 2 heterocycles. The second-order valence-electron chi connectivity index (χ2n) is 4.19. The van der Waals surface area contributed by atoms with Gasteiger partial charge in [0.15, 0.2) is 11.0 Å². The lowest BCUT2D eigenvalue weighted by atomic mass is 10.1. The van der Waals surface area contributed by atoms with Gasteiger partial charge in [-0.15, -0.1) is 0 Å². The highest BCUT2D eigenvalue weighted by molar-refractivity contribution is 8.00. The minimum atomic E-state index is -0.194. The number of furan rings is 1. The summed E-state index contributed by atoms with van der Waals surface area (Å²) in [4.78, 5) is 11.7. The van der Waals surface area contributed by atoms with Crippen LogP contribution in [0.4, 0.5) is 0 Å². The van der Waals surface area contributed by atoms with Crippen molar-refractivity contribution >= 4 is 29.3 Å². The fourth-order valence-corrected chi connectivity index (χ4v) is 3.16. The number of nitrogens with one attached hydrogen (secondary N) is 1. The molecule has 1 aromatic rings. The van der Waals surface area contributed by atoms with Gasteiger partial charge in [0.1, 0.15) is 0 Å². The van der Waals surface area contributed by atoms with E-state index in [1.54, 1.807) is 12.1 Å². The average Bonchev–Trinajstić information content (AvgIpc) is 2.85. The van der Waals surface area contributed by atoms with E-state index in [4.69, 9.17) is 16.0 Å². The number of amides is 1. The van der Waals surface area contributed by atoms with Crippen molar-refractivity contribution in [2.45, 2.75) is 24.5 Å². The monoisotopic (exact) mass is 259 g/mol. The fourth-order valence-electron chi connectivity index (χ4n) is 1.77. The Labute approximate surface area is 104 Å². The van der Waals surface area contributed by atoms with Gasteiger partial charge in [-0.05, 0) is 49.3 Å². The predicted molar refractivity (Wildman–Crippen MR) is 66.1 cm³/mol. The molecule has 0 aliphatic carbocycles. The van der Waals surface area contributed by atoms with Gasteiger partial charge in [-0.2, -0.15) is 11.8 Å². The first-order valence-corrected chi connectivity index (χ1v) is 6.63. The van der Waals surface area contributed by atoms with E-state index in [2.05, 4.69) is 12.2 Å². The van der Waals surface area contributed by atoms with Crippen LogP contribution in [-0.4, -0.2) is 23.0 Å². The summed E-state index contributed by atoms with van der Waals surface area (Å²) >= 11 is 7.52. The molecular formula is C11H14ClNO2S. The molecule has 1 fully saturated rings. The lowest BCUT2D eigenvalue weighted by Crippen LogP contribution is -2.36. The smallest absolute Gasteiger partial charge is 0.287 e. The lowest BCUT2D eigenvalue weighted by Gasteiger charge is -2.22. The third-order valence-corrected chi connectivity index (χ3v) is 4.46. The third kappa shape index (κ3) is 2.74. The van der Waals surface area contributed by atoms with Gasteiger partial charge in [0.05, 0.1) is 0 Å². The maximum atomic E-state index is 11.7. The second-order valence-corrected chi connectivity index (χ2v) is 6.24. The van der Waals surface area contributed by atoms with Gasteiger partial charge >= 0.3 is 0 Å². The summed E-state index contributed by atoms with van der Waals surface area (Å²) in [5.41, 5.74) is 0. The second kappa shape index (κ2) is 4.72. The van der Waals surface area contributed by atoms with Crippen molar-refractivity contribution in [1.82, 2.24) is 5.32 Å². The Hall–Kier alpha value is -0.610. The van der Waals surface area contributed by atoms with Crippen molar-refractivity contribution in [3.05, 3.63) is 23.1 Å². The Bertz CT molecular complexity index is 385. The normalized spacial score (nSPS) is 24.6. The molecule has 0 saturated carbocycles. The summed E-state index contributed by atoms with van der Waals surface area (Å²) in [6.45, 7) is 2.86. The molecule has 1 aliphatic heterocycles. The van der Waals surface area contributed by atoms with Crippen molar-refractivity contribution in [2.24, 2.45) is 0 Å². The molecule has 88 valence electrons. The first kappa shape index (κ1) is 11.9. The fraction of sp³-hybridized carbons (Fsp3) is 0.545. The van der Waals surface area contributed by atoms with Crippen molar-refractivity contribution < 1.29 is 9.21 Å². The Morgan fingerprint density at radius 1 is 1.69 bits per heavy atom. The van der Waals surface area contributed by atoms with Crippen molar-refractivity contribution in [3.8, 4) is 0 Å². The maximum absolute atomic E-state index is 11.7. The highest BCUT2D eigenvalue weighted by Crippen LogP contribution is 2.36. The summed E-state index contributed by atoms with van der Waals surface area (Å²) in [7, 11) is 0. The number of hydrogen-bond donors (Lipinski definition) is 1. The van der Waals surface area contributed by atoms with Gasteiger partial charge in [-0.3, -0.25) is 4.79 Å². The van der Waals surface area contributed by atoms with E-state index in [0.29, 0.717) is 6.54 Å². The predicted octanol–water partition coefficient (Wildman–Crippen LogP) is 2.95. The van der Waals surface area contributed by atoms with Gasteiger partial charge in [-0.25, -0.2) is 0 Å². The number of rotatable bonds is 3. The zero-order valence-electron chi connectivity index (χ0n) is 9.09. The van der Waals surface area contributed by atoms with Crippen LogP contribution >= 0.6 is 23.4 Å². The van der Waals surface area contributed by atoms with E-state index in [1.807, 2.05) is 11.8 Å². The molecular weight excluding hydrogens is 246 g/mol. The molecule has 2 rings (SSSR count). The largest absolute Gasteiger partial charge is 0.440 e. The molecule has 1 atom stereocenters. The van der Waals surface area contributed by atoms with Crippen LogP contribution in [-0.2, 0) is 0 Å². The minimum Gasteiger partial charge on any atom is -0.440 e. The molecule has 5 heteroatoms. The summed E-state index contributed by atoms with van der Waals surface area (Å²) < 4.78 is 5.21. The quantitative estimate of drug-likeness (QED) is 0.908. The molecule has 16 heavy (non-hydrogen) atoms. The third-order valence-electron chi connectivity index (χ3n) is 2.72. The van der Waals surface area contributed by atoms with Crippen molar-refractivity contribution in [2.75, 3.05) is 12.3 Å². The SMILES string of the molecule is CC1(CNC(=O)c2ccc(Cl)o2)CCCS1.